The Morgan fingerprint density at radius 2 is 2.11 bits per heavy atom. The van der Waals surface area contributed by atoms with Crippen LogP contribution in [-0.4, -0.2) is 25.5 Å². The van der Waals surface area contributed by atoms with Crippen LogP contribution in [0.4, 0.5) is 5.69 Å². The minimum Gasteiger partial charge on any atom is -0.462 e. The zero-order chi connectivity index (χ0) is 14.6. The van der Waals surface area contributed by atoms with E-state index in [-0.39, 0.29) is 29.1 Å². The number of benzene rings is 1. The summed E-state index contributed by atoms with van der Waals surface area (Å²) < 4.78 is 36.3. The van der Waals surface area contributed by atoms with E-state index in [4.69, 9.17) is 15.0 Å². The van der Waals surface area contributed by atoms with Crippen molar-refractivity contribution in [3.63, 3.8) is 0 Å². The molecule has 0 bridgehead atoms. The SMILES string of the molecule is C=C(C)C(=O)OCCc1cc(N)ccc1S(=O)(=O)O. The Morgan fingerprint density at radius 3 is 2.63 bits per heavy atom. The largest absolute Gasteiger partial charge is 0.462 e. The molecular weight excluding hydrogens is 270 g/mol. The summed E-state index contributed by atoms with van der Waals surface area (Å²) in [7, 11) is -4.33. The molecule has 104 valence electrons. The average Bonchev–Trinajstić information content (AvgIpc) is 2.27. The number of ether oxygens (including phenoxy) is 1. The fourth-order valence-corrected chi connectivity index (χ4v) is 2.16. The molecule has 0 saturated heterocycles. The maximum absolute atomic E-state index is 11.2. The first-order valence-electron chi connectivity index (χ1n) is 5.40. The third-order valence-electron chi connectivity index (χ3n) is 2.32. The lowest BCUT2D eigenvalue weighted by Crippen LogP contribution is -2.11. The Hall–Kier alpha value is -1.86. The number of carbonyl (C=O) groups excluding carboxylic acids is 1. The normalized spacial score (nSPS) is 11.1. The summed E-state index contributed by atoms with van der Waals surface area (Å²) in [5.41, 5.74) is 6.45. The van der Waals surface area contributed by atoms with E-state index in [0.29, 0.717) is 5.69 Å². The van der Waals surface area contributed by atoms with Gasteiger partial charge in [0.25, 0.3) is 10.1 Å². The molecule has 1 aromatic carbocycles. The molecule has 0 saturated carbocycles. The number of carbonyl (C=O) groups is 1. The summed E-state index contributed by atoms with van der Waals surface area (Å²) in [6.45, 7) is 4.90. The lowest BCUT2D eigenvalue weighted by molar-refractivity contribution is -0.138. The first kappa shape index (κ1) is 15.2. The quantitative estimate of drug-likeness (QED) is 0.364. The Morgan fingerprint density at radius 1 is 1.47 bits per heavy atom. The number of rotatable bonds is 5. The fraction of sp³-hybridized carbons (Fsp3) is 0.250. The Balaban J connectivity index is 2.86. The van der Waals surface area contributed by atoms with E-state index < -0.39 is 16.1 Å². The predicted octanol–water partition coefficient (Wildman–Crippen LogP) is 1.18. The third kappa shape index (κ3) is 4.38. The van der Waals surface area contributed by atoms with Gasteiger partial charge in [0.1, 0.15) is 0 Å². The zero-order valence-electron chi connectivity index (χ0n) is 10.4. The van der Waals surface area contributed by atoms with Gasteiger partial charge in [0, 0.05) is 17.7 Å². The highest BCUT2D eigenvalue weighted by Gasteiger charge is 2.15. The summed E-state index contributed by atoms with van der Waals surface area (Å²) in [6.07, 6.45) is 0.124. The van der Waals surface area contributed by atoms with Gasteiger partial charge in [-0.05, 0) is 30.7 Å². The summed E-state index contributed by atoms with van der Waals surface area (Å²) in [6, 6.07) is 3.99. The summed E-state index contributed by atoms with van der Waals surface area (Å²) in [5.74, 6) is -0.558. The number of hydrogen-bond acceptors (Lipinski definition) is 5. The van der Waals surface area contributed by atoms with Gasteiger partial charge < -0.3 is 10.5 Å². The van der Waals surface area contributed by atoms with Crippen molar-refractivity contribution < 1.29 is 22.5 Å². The topological polar surface area (TPSA) is 107 Å². The van der Waals surface area contributed by atoms with E-state index >= 15 is 0 Å². The maximum Gasteiger partial charge on any atom is 0.333 e. The van der Waals surface area contributed by atoms with E-state index in [1.807, 2.05) is 0 Å². The van der Waals surface area contributed by atoms with Gasteiger partial charge in [-0.3, -0.25) is 4.55 Å². The summed E-state index contributed by atoms with van der Waals surface area (Å²) >= 11 is 0. The second kappa shape index (κ2) is 5.85. The molecule has 1 aromatic rings. The molecular formula is C12H15NO5S. The van der Waals surface area contributed by atoms with Crippen molar-refractivity contribution >= 4 is 21.8 Å². The van der Waals surface area contributed by atoms with Crippen LogP contribution in [0.3, 0.4) is 0 Å². The van der Waals surface area contributed by atoms with E-state index in [2.05, 4.69) is 6.58 Å². The van der Waals surface area contributed by atoms with Crippen LogP contribution in [0.15, 0.2) is 35.2 Å². The molecule has 3 N–H and O–H groups in total. The van der Waals surface area contributed by atoms with Gasteiger partial charge in [-0.25, -0.2) is 4.79 Å². The van der Waals surface area contributed by atoms with E-state index in [1.54, 1.807) is 0 Å². The number of esters is 1. The van der Waals surface area contributed by atoms with Crippen molar-refractivity contribution in [2.45, 2.75) is 18.2 Å². The second-order valence-corrected chi connectivity index (χ2v) is 5.40. The highest BCUT2D eigenvalue weighted by molar-refractivity contribution is 7.85. The predicted molar refractivity (Wildman–Crippen MR) is 70.1 cm³/mol. The molecule has 0 fully saturated rings. The highest BCUT2D eigenvalue weighted by Crippen LogP contribution is 2.19. The second-order valence-electron chi connectivity index (χ2n) is 4.01. The first-order valence-corrected chi connectivity index (χ1v) is 6.84. The van der Waals surface area contributed by atoms with Crippen molar-refractivity contribution in [3.05, 3.63) is 35.9 Å². The molecule has 0 radical (unpaired) electrons. The highest BCUT2D eigenvalue weighted by atomic mass is 32.2. The molecule has 0 unspecified atom stereocenters. The molecule has 19 heavy (non-hydrogen) atoms. The minimum absolute atomic E-state index is 0.0301. The molecule has 0 aromatic heterocycles. The molecule has 0 atom stereocenters. The number of nitrogens with two attached hydrogens (primary N) is 1. The monoisotopic (exact) mass is 285 g/mol. The molecule has 0 aliphatic carbocycles. The zero-order valence-corrected chi connectivity index (χ0v) is 11.2. The van der Waals surface area contributed by atoms with Crippen LogP contribution in [0.5, 0.6) is 0 Å². The van der Waals surface area contributed by atoms with Crippen LogP contribution >= 0.6 is 0 Å². The average molecular weight is 285 g/mol. The third-order valence-corrected chi connectivity index (χ3v) is 3.27. The van der Waals surface area contributed by atoms with E-state index in [0.717, 1.165) is 0 Å². The van der Waals surface area contributed by atoms with Crippen molar-refractivity contribution in [2.75, 3.05) is 12.3 Å². The van der Waals surface area contributed by atoms with Crippen molar-refractivity contribution in [3.8, 4) is 0 Å². The van der Waals surface area contributed by atoms with Crippen LogP contribution in [0.2, 0.25) is 0 Å². The van der Waals surface area contributed by atoms with E-state index in [9.17, 15) is 13.2 Å². The van der Waals surface area contributed by atoms with Gasteiger partial charge in [0.05, 0.1) is 11.5 Å². The van der Waals surface area contributed by atoms with Crippen LogP contribution in [0.25, 0.3) is 0 Å². The lowest BCUT2D eigenvalue weighted by Gasteiger charge is -2.09. The molecule has 0 amide bonds. The first-order chi connectivity index (χ1) is 8.71. The van der Waals surface area contributed by atoms with Crippen molar-refractivity contribution in [1.29, 1.82) is 0 Å². The molecule has 7 heteroatoms. The van der Waals surface area contributed by atoms with Gasteiger partial charge in [-0.1, -0.05) is 6.58 Å². The van der Waals surface area contributed by atoms with Crippen molar-refractivity contribution in [2.24, 2.45) is 0 Å². The number of anilines is 1. The Labute approximate surface area is 111 Å². The maximum atomic E-state index is 11.2. The molecule has 0 aliphatic heterocycles. The summed E-state index contributed by atoms with van der Waals surface area (Å²) in [4.78, 5) is 10.9. The summed E-state index contributed by atoms with van der Waals surface area (Å²) in [5, 5.41) is 0. The Bertz CT molecular complexity index is 607. The van der Waals surface area contributed by atoms with Gasteiger partial charge in [0.15, 0.2) is 0 Å². The van der Waals surface area contributed by atoms with Gasteiger partial charge in [-0.15, -0.1) is 0 Å². The molecule has 0 aliphatic rings. The molecule has 1 rings (SSSR count). The van der Waals surface area contributed by atoms with Crippen LogP contribution in [-0.2, 0) is 26.1 Å². The van der Waals surface area contributed by atoms with Gasteiger partial charge in [0.2, 0.25) is 0 Å². The lowest BCUT2D eigenvalue weighted by atomic mass is 10.1. The smallest absolute Gasteiger partial charge is 0.333 e. The minimum atomic E-state index is -4.33. The molecule has 0 heterocycles. The van der Waals surface area contributed by atoms with Crippen LogP contribution < -0.4 is 5.73 Å². The standard InChI is InChI=1S/C12H15NO5S/c1-8(2)12(14)18-6-5-9-7-10(13)3-4-11(9)19(15,16)17/h3-4,7H,1,5-6,13H2,2H3,(H,15,16,17). The van der Waals surface area contributed by atoms with Crippen LogP contribution in [0, 0.1) is 0 Å². The Kier molecular flexibility index (Phi) is 4.68. The molecule has 0 spiro atoms. The van der Waals surface area contributed by atoms with Gasteiger partial charge in [-0.2, -0.15) is 8.42 Å². The molecule has 6 nitrogen and oxygen atoms in total. The van der Waals surface area contributed by atoms with Gasteiger partial charge >= 0.3 is 5.97 Å². The number of hydrogen-bond donors (Lipinski definition) is 2. The fourth-order valence-electron chi connectivity index (χ4n) is 1.42. The van der Waals surface area contributed by atoms with Crippen LogP contribution in [0.1, 0.15) is 12.5 Å². The number of nitrogen functional groups attached to an aromatic ring is 1. The van der Waals surface area contributed by atoms with E-state index in [1.165, 1.54) is 25.1 Å². The van der Waals surface area contributed by atoms with Crippen molar-refractivity contribution in [1.82, 2.24) is 0 Å².